The smallest absolute Gasteiger partial charge is 0.250 e. The number of benzene rings is 1. The third-order valence-electron chi connectivity index (χ3n) is 4.55. The quantitative estimate of drug-likeness (QED) is 0.745. The molecule has 0 unspecified atom stereocenters. The molecule has 3 rings (SSSR count). The molecule has 1 N–H and O–H groups in total. The van der Waals surface area contributed by atoms with Crippen LogP contribution >= 0.6 is 11.6 Å². The summed E-state index contributed by atoms with van der Waals surface area (Å²) in [7, 11) is -3.80. The van der Waals surface area contributed by atoms with Crippen molar-refractivity contribution in [2.24, 2.45) is 0 Å². The monoisotopic (exact) mass is 407 g/mol. The van der Waals surface area contributed by atoms with Crippen molar-refractivity contribution in [2.75, 3.05) is 6.54 Å². The number of sulfonamides is 1. The van der Waals surface area contributed by atoms with E-state index in [-0.39, 0.29) is 5.75 Å². The van der Waals surface area contributed by atoms with E-state index < -0.39 is 22.0 Å². The predicted molar refractivity (Wildman–Crippen MR) is 105 cm³/mol. The lowest BCUT2D eigenvalue weighted by atomic mass is 10.0. The van der Waals surface area contributed by atoms with E-state index in [9.17, 15) is 13.2 Å². The van der Waals surface area contributed by atoms with Gasteiger partial charge >= 0.3 is 0 Å². The van der Waals surface area contributed by atoms with Crippen molar-refractivity contribution in [1.29, 1.82) is 0 Å². The van der Waals surface area contributed by atoms with E-state index >= 15 is 0 Å². The number of likely N-dealkylation sites (tertiary alicyclic amines) is 1. The zero-order chi connectivity index (χ0) is 19.3. The topological polar surface area (TPSA) is 79.4 Å². The van der Waals surface area contributed by atoms with E-state index in [1.165, 1.54) is 12.3 Å². The van der Waals surface area contributed by atoms with Crippen molar-refractivity contribution >= 4 is 27.5 Å². The SMILES string of the molecule is O=C(NS(=O)(=O)Cc1ccc(Cl)nc1)[C@H]1CCCCN1Cc1ccccc1. The number of halogens is 1. The van der Waals surface area contributed by atoms with Gasteiger partial charge in [0.15, 0.2) is 0 Å². The lowest BCUT2D eigenvalue weighted by Gasteiger charge is -2.34. The molecule has 0 aliphatic carbocycles. The van der Waals surface area contributed by atoms with Gasteiger partial charge in [0.05, 0.1) is 11.8 Å². The second-order valence-electron chi connectivity index (χ2n) is 6.68. The van der Waals surface area contributed by atoms with Gasteiger partial charge < -0.3 is 0 Å². The number of rotatable bonds is 6. The summed E-state index contributed by atoms with van der Waals surface area (Å²) in [5.74, 6) is -0.776. The zero-order valence-electron chi connectivity index (χ0n) is 14.8. The van der Waals surface area contributed by atoms with Crippen LogP contribution in [0.2, 0.25) is 5.15 Å². The molecule has 27 heavy (non-hydrogen) atoms. The van der Waals surface area contributed by atoms with E-state index in [1.807, 2.05) is 35.2 Å². The summed E-state index contributed by atoms with van der Waals surface area (Å²) in [4.78, 5) is 18.6. The van der Waals surface area contributed by atoms with Crippen LogP contribution < -0.4 is 4.72 Å². The maximum Gasteiger partial charge on any atom is 0.250 e. The number of nitrogens with zero attached hydrogens (tertiary/aromatic N) is 2. The maximum atomic E-state index is 12.7. The summed E-state index contributed by atoms with van der Waals surface area (Å²) in [6.07, 6.45) is 3.95. The van der Waals surface area contributed by atoms with Crippen LogP contribution in [0.15, 0.2) is 48.7 Å². The summed E-state index contributed by atoms with van der Waals surface area (Å²) in [6, 6.07) is 12.5. The maximum absolute atomic E-state index is 12.7. The van der Waals surface area contributed by atoms with E-state index in [0.717, 1.165) is 24.9 Å². The van der Waals surface area contributed by atoms with Gasteiger partial charge in [-0.25, -0.2) is 13.4 Å². The van der Waals surface area contributed by atoms with Crippen molar-refractivity contribution in [1.82, 2.24) is 14.6 Å². The molecule has 1 aliphatic rings. The fourth-order valence-electron chi connectivity index (χ4n) is 3.26. The largest absolute Gasteiger partial charge is 0.288 e. The Hall–Kier alpha value is -1.96. The highest BCUT2D eigenvalue weighted by molar-refractivity contribution is 7.89. The molecule has 0 saturated carbocycles. The molecule has 0 bridgehead atoms. The molecule has 1 saturated heterocycles. The first-order valence-corrected chi connectivity index (χ1v) is 10.9. The Kier molecular flexibility index (Phi) is 6.46. The third kappa shape index (κ3) is 5.76. The normalized spacial score (nSPS) is 18.2. The van der Waals surface area contributed by atoms with Crippen molar-refractivity contribution < 1.29 is 13.2 Å². The van der Waals surface area contributed by atoms with Crippen LogP contribution in [-0.2, 0) is 27.1 Å². The molecule has 2 heterocycles. The Balaban J connectivity index is 1.66. The highest BCUT2D eigenvalue weighted by atomic mass is 35.5. The van der Waals surface area contributed by atoms with Crippen molar-refractivity contribution in [2.45, 2.75) is 37.6 Å². The van der Waals surface area contributed by atoms with Gasteiger partial charge in [0.2, 0.25) is 10.0 Å². The molecule has 1 aromatic heterocycles. The van der Waals surface area contributed by atoms with Gasteiger partial charge in [-0.3, -0.25) is 14.4 Å². The van der Waals surface area contributed by atoms with Gasteiger partial charge in [0, 0.05) is 12.7 Å². The molecule has 6 nitrogen and oxygen atoms in total. The highest BCUT2D eigenvalue weighted by Gasteiger charge is 2.31. The highest BCUT2D eigenvalue weighted by Crippen LogP contribution is 2.20. The molecule has 1 atom stereocenters. The molecule has 144 valence electrons. The van der Waals surface area contributed by atoms with Crippen LogP contribution in [0, 0.1) is 0 Å². The summed E-state index contributed by atoms with van der Waals surface area (Å²) < 4.78 is 27.0. The lowest BCUT2D eigenvalue weighted by molar-refractivity contribution is -0.126. The van der Waals surface area contributed by atoms with Crippen LogP contribution in [0.25, 0.3) is 0 Å². The number of aromatic nitrogens is 1. The van der Waals surface area contributed by atoms with Gasteiger partial charge in [-0.15, -0.1) is 0 Å². The molecule has 1 amide bonds. The van der Waals surface area contributed by atoms with E-state index in [1.54, 1.807) is 6.07 Å². The number of piperidine rings is 1. The standard InChI is InChI=1S/C19H22ClN3O3S/c20-18-10-9-16(12-21-18)14-27(25,26)22-19(24)17-8-4-5-11-23(17)13-15-6-2-1-3-7-15/h1-3,6-7,9-10,12,17H,4-5,8,11,13-14H2,(H,22,24)/t17-/m1/s1. The number of pyridine rings is 1. The van der Waals surface area contributed by atoms with Crippen molar-refractivity contribution in [3.63, 3.8) is 0 Å². The lowest BCUT2D eigenvalue weighted by Crippen LogP contribution is -2.50. The summed E-state index contributed by atoms with van der Waals surface area (Å²) in [5, 5.41) is 0.291. The second kappa shape index (κ2) is 8.82. The Morgan fingerprint density at radius 2 is 1.93 bits per heavy atom. The molecule has 1 aliphatic heterocycles. The number of carbonyl (C=O) groups is 1. The number of nitrogens with one attached hydrogen (secondary N) is 1. The molecule has 8 heteroatoms. The fourth-order valence-corrected chi connectivity index (χ4v) is 4.50. The first kappa shape index (κ1) is 19.8. The van der Waals surface area contributed by atoms with Gasteiger partial charge in [-0.2, -0.15) is 0 Å². The predicted octanol–water partition coefficient (Wildman–Crippen LogP) is 2.74. The Morgan fingerprint density at radius 3 is 2.63 bits per heavy atom. The molecule has 2 aromatic rings. The van der Waals surface area contributed by atoms with Crippen molar-refractivity contribution in [3.8, 4) is 0 Å². The van der Waals surface area contributed by atoms with E-state index in [0.29, 0.717) is 23.7 Å². The van der Waals surface area contributed by atoms with E-state index in [4.69, 9.17) is 11.6 Å². The Morgan fingerprint density at radius 1 is 1.15 bits per heavy atom. The van der Waals surface area contributed by atoms with Gasteiger partial charge in [0.25, 0.3) is 5.91 Å². The third-order valence-corrected chi connectivity index (χ3v) is 6.00. The fraction of sp³-hybridized carbons (Fsp3) is 0.368. The molecule has 0 radical (unpaired) electrons. The molecule has 0 spiro atoms. The van der Waals surface area contributed by atoms with Crippen LogP contribution in [-0.4, -0.2) is 36.8 Å². The number of hydrogen-bond donors (Lipinski definition) is 1. The second-order valence-corrected chi connectivity index (χ2v) is 8.79. The number of carbonyl (C=O) groups excluding carboxylic acids is 1. The first-order valence-electron chi connectivity index (χ1n) is 8.86. The molecular weight excluding hydrogens is 386 g/mol. The number of hydrogen-bond acceptors (Lipinski definition) is 5. The van der Waals surface area contributed by atoms with Crippen molar-refractivity contribution in [3.05, 3.63) is 64.9 Å². The zero-order valence-corrected chi connectivity index (χ0v) is 16.4. The average Bonchev–Trinajstić information content (AvgIpc) is 2.64. The molecule has 1 fully saturated rings. The minimum absolute atomic E-state index is 0.291. The van der Waals surface area contributed by atoms with Gasteiger partial charge in [-0.1, -0.05) is 54.4 Å². The van der Waals surface area contributed by atoms with Crippen LogP contribution in [0.1, 0.15) is 30.4 Å². The minimum atomic E-state index is -3.80. The van der Waals surface area contributed by atoms with Gasteiger partial charge in [0.1, 0.15) is 5.15 Å². The van der Waals surface area contributed by atoms with E-state index in [2.05, 4.69) is 9.71 Å². The molecule has 1 aromatic carbocycles. The van der Waals surface area contributed by atoms with Gasteiger partial charge in [-0.05, 0) is 36.6 Å². The minimum Gasteiger partial charge on any atom is -0.288 e. The van der Waals surface area contributed by atoms with Crippen LogP contribution in [0.4, 0.5) is 0 Å². The Labute approximate surface area is 164 Å². The summed E-state index contributed by atoms with van der Waals surface area (Å²) in [5.41, 5.74) is 1.58. The summed E-state index contributed by atoms with van der Waals surface area (Å²) >= 11 is 5.72. The van der Waals surface area contributed by atoms with Crippen LogP contribution in [0.5, 0.6) is 0 Å². The average molecular weight is 408 g/mol. The van der Waals surface area contributed by atoms with Crippen LogP contribution in [0.3, 0.4) is 0 Å². The first-order chi connectivity index (χ1) is 12.9. The Bertz CT molecular complexity index is 873. The molecular formula is C19H22ClN3O3S. The summed E-state index contributed by atoms with van der Waals surface area (Å²) in [6.45, 7) is 1.40. The number of amides is 1.